The molecule has 0 amide bonds. The Labute approximate surface area is 150 Å². The normalized spacial score (nSPS) is 10.2. The minimum atomic E-state index is 0.0321. The Morgan fingerprint density at radius 2 is 1.40 bits per heavy atom. The molecule has 0 fully saturated rings. The molecule has 0 radical (unpaired) electrons. The second-order valence-electron chi connectivity index (χ2n) is 5.67. The van der Waals surface area contributed by atoms with Gasteiger partial charge in [-0.1, -0.05) is 60.4 Å². The fourth-order valence-corrected chi connectivity index (χ4v) is 3.55. The van der Waals surface area contributed by atoms with Gasteiger partial charge in [-0.3, -0.25) is 4.79 Å². The quantitative estimate of drug-likeness (QED) is 0.347. The summed E-state index contributed by atoms with van der Waals surface area (Å²) in [5, 5.41) is 1.22. The Hall–Kier alpha value is -3.15. The van der Waals surface area contributed by atoms with Crippen molar-refractivity contribution >= 4 is 27.2 Å². The van der Waals surface area contributed by atoms with Crippen LogP contribution in [0.5, 0.6) is 0 Å². The van der Waals surface area contributed by atoms with Gasteiger partial charge < -0.3 is 0 Å². The van der Waals surface area contributed by atoms with E-state index in [0.717, 1.165) is 10.4 Å². The third kappa shape index (κ3) is 3.38. The fourth-order valence-electron chi connectivity index (χ4n) is 2.64. The topological polar surface area (TPSA) is 17.1 Å². The van der Waals surface area contributed by atoms with Crippen LogP contribution in [0.2, 0.25) is 0 Å². The highest BCUT2D eigenvalue weighted by Gasteiger charge is 2.07. The van der Waals surface area contributed by atoms with Crippen molar-refractivity contribution in [2.45, 2.75) is 0 Å². The smallest absolute Gasteiger partial charge is 0.193 e. The Balaban J connectivity index is 1.56. The number of hydrogen-bond acceptors (Lipinski definition) is 2. The van der Waals surface area contributed by atoms with Crippen LogP contribution in [-0.2, 0) is 0 Å². The van der Waals surface area contributed by atoms with E-state index in [4.69, 9.17) is 0 Å². The van der Waals surface area contributed by atoms with Crippen molar-refractivity contribution in [1.82, 2.24) is 0 Å². The van der Waals surface area contributed by atoms with Gasteiger partial charge in [0.05, 0.1) is 4.88 Å². The van der Waals surface area contributed by atoms with Gasteiger partial charge in [-0.05, 0) is 41.8 Å². The maximum absolute atomic E-state index is 12.4. The van der Waals surface area contributed by atoms with Crippen LogP contribution in [0.3, 0.4) is 0 Å². The van der Waals surface area contributed by atoms with Gasteiger partial charge >= 0.3 is 0 Å². The second-order valence-corrected chi connectivity index (χ2v) is 6.75. The van der Waals surface area contributed by atoms with Crippen LogP contribution in [0.4, 0.5) is 0 Å². The van der Waals surface area contributed by atoms with E-state index in [1.54, 1.807) is 11.3 Å². The van der Waals surface area contributed by atoms with E-state index in [-0.39, 0.29) is 5.78 Å². The molecule has 0 N–H and O–H groups in total. The van der Waals surface area contributed by atoms with Crippen LogP contribution in [0.15, 0.2) is 84.9 Å². The van der Waals surface area contributed by atoms with Crippen molar-refractivity contribution in [1.29, 1.82) is 0 Å². The Bertz CT molecular complexity index is 1060. The van der Waals surface area contributed by atoms with E-state index < -0.39 is 0 Å². The average Bonchev–Trinajstić information content (AvgIpc) is 3.10. The van der Waals surface area contributed by atoms with E-state index in [2.05, 4.69) is 30.0 Å². The summed E-state index contributed by atoms with van der Waals surface area (Å²) in [6, 6.07) is 27.2. The average molecular weight is 338 g/mol. The number of carbonyl (C=O) groups is 1. The molecule has 0 spiro atoms. The summed E-state index contributed by atoms with van der Waals surface area (Å²) in [4.78, 5) is 13.4. The minimum Gasteiger partial charge on any atom is -0.289 e. The Kier molecular flexibility index (Phi) is 4.16. The molecule has 0 unspecified atom stereocenters. The van der Waals surface area contributed by atoms with Crippen molar-refractivity contribution in [2.24, 2.45) is 0 Å². The predicted molar refractivity (Wildman–Crippen MR) is 104 cm³/mol. The number of fused-ring (bicyclic) bond motifs is 1. The van der Waals surface area contributed by atoms with Gasteiger partial charge in [0.2, 0.25) is 0 Å². The Morgan fingerprint density at radius 3 is 2.16 bits per heavy atom. The summed E-state index contributed by atoms with van der Waals surface area (Å²) in [5.41, 5.74) is 2.28. The van der Waals surface area contributed by atoms with Gasteiger partial charge in [-0.2, -0.15) is 0 Å². The van der Waals surface area contributed by atoms with Crippen LogP contribution in [0, 0.1) is 11.8 Å². The van der Waals surface area contributed by atoms with Gasteiger partial charge in [-0.25, -0.2) is 0 Å². The predicted octanol–water partition coefficient (Wildman–Crippen LogP) is 5.53. The molecule has 25 heavy (non-hydrogen) atoms. The zero-order valence-electron chi connectivity index (χ0n) is 13.4. The maximum Gasteiger partial charge on any atom is 0.193 e. The van der Waals surface area contributed by atoms with E-state index in [0.29, 0.717) is 11.1 Å². The lowest BCUT2D eigenvalue weighted by Crippen LogP contribution is -2.00. The highest BCUT2D eigenvalue weighted by Crippen LogP contribution is 2.24. The lowest BCUT2D eigenvalue weighted by Gasteiger charge is -2.00. The lowest BCUT2D eigenvalue weighted by atomic mass is 10.0. The second kappa shape index (κ2) is 6.76. The summed E-state index contributed by atoms with van der Waals surface area (Å²) in [7, 11) is 0. The Morgan fingerprint density at radius 1 is 0.720 bits per heavy atom. The first-order chi connectivity index (χ1) is 12.3. The number of ketones is 1. The van der Waals surface area contributed by atoms with Gasteiger partial charge in [0.15, 0.2) is 5.78 Å². The number of carbonyl (C=O) groups excluding carboxylic acids is 1. The van der Waals surface area contributed by atoms with Gasteiger partial charge in [0.25, 0.3) is 0 Å². The summed E-state index contributed by atoms with van der Waals surface area (Å²) < 4.78 is 1.25. The molecule has 2 heteroatoms. The molecule has 0 aliphatic heterocycles. The van der Waals surface area contributed by atoms with Crippen LogP contribution in [0.25, 0.3) is 10.1 Å². The monoisotopic (exact) mass is 338 g/mol. The molecule has 3 aromatic carbocycles. The number of thiophene rings is 1. The molecule has 0 atom stereocenters. The standard InChI is InChI=1S/C23H14OS/c24-23(18-6-2-1-3-7-18)19-13-10-17(11-14-19)12-15-21-16-20-8-4-5-9-22(20)25-21/h1-11,13-14,16H. The molecule has 118 valence electrons. The van der Waals surface area contributed by atoms with Crippen molar-refractivity contribution in [3.05, 3.63) is 106 Å². The van der Waals surface area contributed by atoms with E-state index in [1.165, 1.54) is 10.1 Å². The molecule has 0 aliphatic carbocycles. The third-order valence-corrected chi connectivity index (χ3v) is 4.97. The molecule has 0 saturated carbocycles. The number of benzene rings is 3. The van der Waals surface area contributed by atoms with Crippen molar-refractivity contribution in [2.75, 3.05) is 0 Å². The van der Waals surface area contributed by atoms with Gasteiger partial charge in [-0.15, -0.1) is 11.3 Å². The SMILES string of the molecule is O=C(c1ccccc1)c1ccc(C#Cc2cc3ccccc3s2)cc1. The first-order valence-corrected chi connectivity index (χ1v) is 8.82. The van der Waals surface area contributed by atoms with Crippen LogP contribution in [0.1, 0.15) is 26.4 Å². The molecule has 0 bridgehead atoms. The molecule has 1 aromatic heterocycles. The van der Waals surface area contributed by atoms with Crippen LogP contribution in [-0.4, -0.2) is 5.78 Å². The highest BCUT2D eigenvalue weighted by molar-refractivity contribution is 7.19. The largest absolute Gasteiger partial charge is 0.289 e. The van der Waals surface area contributed by atoms with Crippen molar-refractivity contribution in [3.63, 3.8) is 0 Å². The van der Waals surface area contributed by atoms with Crippen LogP contribution >= 0.6 is 11.3 Å². The molecule has 1 heterocycles. The first kappa shape index (κ1) is 15.4. The van der Waals surface area contributed by atoms with Crippen molar-refractivity contribution < 1.29 is 4.79 Å². The first-order valence-electron chi connectivity index (χ1n) is 8.00. The molecular formula is C23H14OS. The summed E-state index contributed by atoms with van der Waals surface area (Å²) in [5.74, 6) is 6.42. The summed E-state index contributed by atoms with van der Waals surface area (Å²) in [6.07, 6.45) is 0. The molecule has 1 nitrogen and oxygen atoms in total. The van der Waals surface area contributed by atoms with Gasteiger partial charge in [0, 0.05) is 21.4 Å². The minimum absolute atomic E-state index is 0.0321. The van der Waals surface area contributed by atoms with Crippen LogP contribution < -0.4 is 0 Å². The molecule has 0 aliphatic rings. The van der Waals surface area contributed by atoms with E-state index in [9.17, 15) is 4.79 Å². The maximum atomic E-state index is 12.4. The zero-order chi connectivity index (χ0) is 17.1. The molecule has 4 aromatic rings. The third-order valence-electron chi connectivity index (χ3n) is 3.94. The van der Waals surface area contributed by atoms with Gasteiger partial charge in [0.1, 0.15) is 0 Å². The zero-order valence-corrected chi connectivity index (χ0v) is 14.2. The fraction of sp³-hybridized carbons (Fsp3) is 0. The molecule has 0 saturated heterocycles. The molecule has 4 rings (SSSR count). The lowest BCUT2D eigenvalue weighted by molar-refractivity contribution is 0.103. The molecular weight excluding hydrogens is 324 g/mol. The highest BCUT2D eigenvalue weighted by atomic mass is 32.1. The van der Waals surface area contributed by atoms with E-state index >= 15 is 0 Å². The summed E-state index contributed by atoms with van der Waals surface area (Å²) >= 11 is 1.69. The van der Waals surface area contributed by atoms with Crippen molar-refractivity contribution in [3.8, 4) is 11.8 Å². The van der Waals surface area contributed by atoms with E-state index in [1.807, 2.05) is 66.7 Å². The summed E-state index contributed by atoms with van der Waals surface area (Å²) in [6.45, 7) is 0. The number of hydrogen-bond donors (Lipinski definition) is 0. The number of rotatable bonds is 2.